The molecule has 1 aromatic heterocycles. The van der Waals surface area contributed by atoms with Gasteiger partial charge in [-0.2, -0.15) is 4.31 Å². The molecular weight excluding hydrogens is 455 g/mol. The summed E-state index contributed by atoms with van der Waals surface area (Å²) in [6.45, 7) is 3.77. The number of pyridine rings is 1. The Labute approximate surface area is 197 Å². The van der Waals surface area contributed by atoms with E-state index in [0.717, 1.165) is 16.5 Å². The van der Waals surface area contributed by atoms with Gasteiger partial charge in [0.2, 0.25) is 10.0 Å². The maximum Gasteiger partial charge on any atom is 0.252 e. The minimum absolute atomic E-state index is 0.0287. The topological polar surface area (TPSA) is 79.5 Å². The van der Waals surface area contributed by atoms with Gasteiger partial charge in [-0.1, -0.05) is 12.1 Å². The molecule has 0 fully saturated rings. The second-order valence-electron chi connectivity index (χ2n) is 8.22. The number of rotatable bonds is 7. The fourth-order valence-electron chi connectivity index (χ4n) is 3.75. The Hall–Kier alpha value is -3.49. The van der Waals surface area contributed by atoms with Crippen LogP contribution in [-0.4, -0.2) is 24.8 Å². The minimum atomic E-state index is -3.99. The molecular formula is C26H25FN2O4S. The summed E-state index contributed by atoms with van der Waals surface area (Å²) in [6, 6.07) is 17.3. The molecule has 0 amide bonds. The van der Waals surface area contributed by atoms with Crippen molar-refractivity contribution in [3.63, 3.8) is 0 Å². The third-order valence-corrected chi connectivity index (χ3v) is 7.66. The van der Waals surface area contributed by atoms with Gasteiger partial charge in [0, 0.05) is 24.2 Å². The molecule has 1 N–H and O–H groups in total. The number of H-pyrrole nitrogens is 1. The van der Waals surface area contributed by atoms with Crippen LogP contribution < -0.4 is 10.3 Å². The molecule has 0 saturated carbocycles. The van der Waals surface area contributed by atoms with Gasteiger partial charge in [-0.3, -0.25) is 4.79 Å². The van der Waals surface area contributed by atoms with Gasteiger partial charge in [0.25, 0.3) is 5.56 Å². The first kappa shape index (κ1) is 23.7. The van der Waals surface area contributed by atoms with Crippen LogP contribution >= 0.6 is 0 Å². The number of fused-ring (bicyclic) bond motifs is 1. The van der Waals surface area contributed by atoms with Crippen LogP contribution in [0.25, 0.3) is 10.9 Å². The zero-order valence-electron chi connectivity index (χ0n) is 19.1. The number of methoxy groups -OCH3 is 1. The molecule has 4 aromatic rings. The summed E-state index contributed by atoms with van der Waals surface area (Å²) in [6.07, 6.45) is 0. The van der Waals surface area contributed by atoms with Gasteiger partial charge < -0.3 is 9.72 Å². The molecule has 34 heavy (non-hydrogen) atoms. The SMILES string of the molecule is COc1ccc(S(=O)(=O)N(Cc2ccc(F)cc2)Cc2cc3cc(C)c(C)cc3[nH]c2=O)cc1. The van der Waals surface area contributed by atoms with Crippen molar-refractivity contribution in [2.24, 2.45) is 0 Å². The molecule has 0 unspecified atom stereocenters. The Morgan fingerprint density at radius 1 is 0.912 bits per heavy atom. The Morgan fingerprint density at radius 3 is 2.21 bits per heavy atom. The summed E-state index contributed by atoms with van der Waals surface area (Å²) in [5, 5.41) is 0.821. The fraction of sp³-hybridized carbons (Fsp3) is 0.192. The van der Waals surface area contributed by atoms with E-state index in [1.54, 1.807) is 18.2 Å². The second-order valence-corrected chi connectivity index (χ2v) is 10.2. The molecule has 176 valence electrons. The van der Waals surface area contributed by atoms with Crippen molar-refractivity contribution in [3.05, 3.63) is 105 Å². The lowest BCUT2D eigenvalue weighted by Crippen LogP contribution is -2.32. The van der Waals surface area contributed by atoms with E-state index in [-0.39, 0.29) is 23.5 Å². The summed E-state index contributed by atoms with van der Waals surface area (Å²) in [5.41, 5.74) is 3.37. The Morgan fingerprint density at radius 2 is 1.56 bits per heavy atom. The highest BCUT2D eigenvalue weighted by Gasteiger charge is 2.26. The molecule has 0 saturated heterocycles. The number of aromatic amines is 1. The number of nitrogens with one attached hydrogen (secondary N) is 1. The van der Waals surface area contributed by atoms with E-state index in [2.05, 4.69) is 4.98 Å². The summed E-state index contributed by atoms with van der Waals surface area (Å²) in [4.78, 5) is 15.8. The quantitative estimate of drug-likeness (QED) is 0.416. The first-order valence-corrected chi connectivity index (χ1v) is 12.1. The number of ether oxygens (including phenoxy) is 1. The predicted octanol–water partition coefficient (Wildman–Crippen LogP) is 4.68. The molecule has 4 rings (SSSR count). The van der Waals surface area contributed by atoms with E-state index in [0.29, 0.717) is 22.4 Å². The van der Waals surface area contributed by atoms with Crippen LogP contribution in [-0.2, 0) is 23.1 Å². The van der Waals surface area contributed by atoms with E-state index >= 15 is 0 Å². The number of nitrogens with zero attached hydrogens (tertiary/aromatic N) is 1. The smallest absolute Gasteiger partial charge is 0.252 e. The monoisotopic (exact) mass is 480 g/mol. The summed E-state index contributed by atoms with van der Waals surface area (Å²) < 4.78 is 46.9. The molecule has 0 atom stereocenters. The van der Waals surface area contributed by atoms with E-state index in [1.165, 1.54) is 47.8 Å². The lowest BCUT2D eigenvalue weighted by molar-refractivity contribution is 0.399. The van der Waals surface area contributed by atoms with Gasteiger partial charge in [0.05, 0.1) is 12.0 Å². The molecule has 6 nitrogen and oxygen atoms in total. The zero-order valence-corrected chi connectivity index (χ0v) is 19.9. The van der Waals surface area contributed by atoms with Crippen molar-refractivity contribution in [1.29, 1.82) is 0 Å². The minimum Gasteiger partial charge on any atom is -0.497 e. The van der Waals surface area contributed by atoms with Crippen molar-refractivity contribution >= 4 is 20.9 Å². The summed E-state index contributed by atoms with van der Waals surface area (Å²) in [5.74, 6) is 0.116. The molecule has 8 heteroatoms. The maximum absolute atomic E-state index is 13.6. The van der Waals surface area contributed by atoms with E-state index in [4.69, 9.17) is 4.74 Å². The van der Waals surface area contributed by atoms with Crippen molar-refractivity contribution in [2.75, 3.05) is 7.11 Å². The molecule has 0 aliphatic carbocycles. The van der Waals surface area contributed by atoms with Crippen LogP contribution in [0.15, 0.2) is 76.4 Å². The average molecular weight is 481 g/mol. The average Bonchev–Trinajstić information content (AvgIpc) is 2.81. The largest absolute Gasteiger partial charge is 0.497 e. The fourth-order valence-corrected chi connectivity index (χ4v) is 5.15. The highest BCUT2D eigenvalue weighted by atomic mass is 32.2. The Balaban J connectivity index is 1.77. The highest BCUT2D eigenvalue weighted by Crippen LogP contribution is 2.24. The third-order valence-electron chi connectivity index (χ3n) is 5.85. The van der Waals surface area contributed by atoms with Crippen molar-refractivity contribution in [2.45, 2.75) is 31.8 Å². The van der Waals surface area contributed by atoms with Crippen LogP contribution in [0, 0.1) is 19.7 Å². The molecule has 3 aromatic carbocycles. The van der Waals surface area contributed by atoms with Gasteiger partial charge in [-0.05, 0) is 90.5 Å². The van der Waals surface area contributed by atoms with Crippen molar-refractivity contribution in [1.82, 2.24) is 9.29 Å². The molecule has 0 aliphatic heterocycles. The number of benzene rings is 3. The molecule has 0 radical (unpaired) electrons. The van der Waals surface area contributed by atoms with Gasteiger partial charge in [0.1, 0.15) is 11.6 Å². The number of halogens is 1. The van der Waals surface area contributed by atoms with Gasteiger partial charge in [0.15, 0.2) is 0 Å². The first-order chi connectivity index (χ1) is 16.2. The zero-order chi connectivity index (χ0) is 24.5. The van der Waals surface area contributed by atoms with Crippen molar-refractivity contribution in [3.8, 4) is 5.75 Å². The van der Waals surface area contributed by atoms with Gasteiger partial charge >= 0.3 is 0 Å². The van der Waals surface area contributed by atoms with Gasteiger partial charge in [-0.15, -0.1) is 0 Å². The molecule has 0 aliphatic rings. The van der Waals surface area contributed by atoms with Crippen LogP contribution in [0.2, 0.25) is 0 Å². The van der Waals surface area contributed by atoms with E-state index in [9.17, 15) is 17.6 Å². The number of aromatic nitrogens is 1. The standard InChI is InChI=1S/C26H25FN2O4S/c1-17-12-20-14-21(26(30)28-25(20)13-18(17)2)16-29(15-19-4-6-22(27)7-5-19)34(31,32)24-10-8-23(33-3)9-11-24/h4-14H,15-16H2,1-3H3,(H,28,30). The number of aryl methyl sites for hydroxylation is 2. The lowest BCUT2D eigenvalue weighted by Gasteiger charge is -2.22. The molecule has 0 bridgehead atoms. The van der Waals surface area contributed by atoms with E-state index in [1.807, 2.05) is 26.0 Å². The second kappa shape index (κ2) is 9.40. The van der Waals surface area contributed by atoms with Crippen LogP contribution in [0.3, 0.4) is 0 Å². The van der Waals surface area contributed by atoms with Crippen LogP contribution in [0.1, 0.15) is 22.3 Å². The normalized spacial score (nSPS) is 11.8. The molecule has 0 spiro atoms. The maximum atomic E-state index is 13.6. The number of hydrogen-bond acceptors (Lipinski definition) is 4. The summed E-state index contributed by atoms with van der Waals surface area (Å²) >= 11 is 0. The number of sulfonamides is 1. The highest BCUT2D eigenvalue weighted by molar-refractivity contribution is 7.89. The van der Waals surface area contributed by atoms with E-state index < -0.39 is 15.8 Å². The first-order valence-electron chi connectivity index (χ1n) is 10.7. The number of hydrogen-bond donors (Lipinski definition) is 1. The third kappa shape index (κ3) is 4.88. The van der Waals surface area contributed by atoms with Crippen molar-refractivity contribution < 1.29 is 17.5 Å². The lowest BCUT2D eigenvalue weighted by atomic mass is 10.0. The Bertz CT molecular complexity index is 1500. The summed E-state index contributed by atoms with van der Waals surface area (Å²) in [7, 11) is -2.49. The van der Waals surface area contributed by atoms with Crippen LogP contribution in [0.4, 0.5) is 4.39 Å². The predicted molar refractivity (Wildman–Crippen MR) is 130 cm³/mol. The Kier molecular flexibility index (Phi) is 6.54. The molecule has 1 heterocycles. The van der Waals surface area contributed by atoms with Gasteiger partial charge in [-0.25, -0.2) is 12.8 Å². The van der Waals surface area contributed by atoms with Crippen LogP contribution in [0.5, 0.6) is 5.75 Å².